The Labute approximate surface area is 294 Å². The van der Waals surface area contributed by atoms with Crippen LogP contribution in [0.25, 0.3) is 22.0 Å². The van der Waals surface area contributed by atoms with E-state index in [1.165, 1.54) is 12.3 Å². The fourth-order valence-electron chi connectivity index (χ4n) is 5.63. The van der Waals surface area contributed by atoms with Gasteiger partial charge in [-0.05, 0) is 81.8 Å². The van der Waals surface area contributed by atoms with Crippen LogP contribution in [0.4, 0.5) is 28.3 Å². The second kappa shape index (κ2) is 15.0. The maximum absolute atomic E-state index is 15.2. The first kappa shape index (κ1) is 37.7. The second-order valence-electron chi connectivity index (χ2n) is 13.4. The fraction of sp³-hybridized carbons (Fsp3) is 0.429. The van der Waals surface area contributed by atoms with Crippen LogP contribution in [-0.2, 0) is 20.5 Å². The maximum Gasteiger partial charge on any atom is 0.410 e. The molecule has 4 aromatic rings. The average Bonchev–Trinajstić information content (AvgIpc) is 3.05. The summed E-state index contributed by atoms with van der Waals surface area (Å²) < 4.78 is 92.0. The molecule has 0 bridgehead atoms. The van der Waals surface area contributed by atoms with Gasteiger partial charge >= 0.3 is 12.3 Å². The van der Waals surface area contributed by atoms with Crippen LogP contribution in [0.2, 0.25) is 0 Å². The van der Waals surface area contributed by atoms with Crippen molar-refractivity contribution in [3.05, 3.63) is 71.8 Å². The molecule has 0 aliphatic carbocycles. The van der Waals surface area contributed by atoms with Crippen LogP contribution >= 0.6 is 0 Å². The van der Waals surface area contributed by atoms with Gasteiger partial charge in [0.05, 0.1) is 23.4 Å². The largest absolute Gasteiger partial charge is 0.444 e. The summed E-state index contributed by atoms with van der Waals surface area (Å²) in [7, 11) is -3.27. The van der Waals surface area contributed by atoms with Gasteiger partial charge in [-0.3, -0.25) is 0 Å². The maximum atomic E-state index is 15.2. The molecule has 1 saturated heterocycles. The number of carbonyl (C=O) groups is 1. The molecule has 0 spiro atoms. The number of nitrogens with zero attached hydrogens (tertiary/aromatic N) is 5. The summed E-state index contributed by atoms with van der Waals surface area (Å²) in [5, 5.41) is 3.92. The molecule has 3 heterocycles. The number of carbonyl (C=O) groups excluding carboxylic acids is 1. The molecule has 51 heavy (non-hydrogen) atoms. The highest BCUT2D eigenvalue weighted by Gasteiger charge is 2.31. The summed E-state index contributed by atoms with van der Waals surface area (Å²) in [4.78, 5) is 27.8. The Hall–Kier alpha value is -4.57. The van der Waals surface area contributed by atoms with Gasteiger partial charge in [0.1, 0.15) is 17.2 Å². The molecule has 2 aromatic heterocycles. The number of nitrogens with one attached hydrogen (secondary N) is 1. The minimum absolute atomic E-state index is 0.118. The van der Waals surface area contributed by atoms with Crippen LogP contribution < -0.4 is 10.1 Å². The predicted molar refractivity (Wildman–Crippen MR) is 184 cm³/mol. The van der Waals surface area contributed by atoms with Gasteiger partial charge in [0.25, 0.3) is 0 Å². The standard InChI is InChI=1S/C35H40F4N6O5S/c1-22-10-11-24-25(12-13-28(36)27(24)21-51(47,48)44(5)19-15-35(37,38)39)30(22)49-31-26(9-6-16-40-31)29-14-17-41-32(43-29)42-23-8-7-18-45(20-23)33(46)50-34(2,3)4/h6,9-14,16-17,23H,7-8,15,18-21H2,1-5H3,(H,41,42,43)/t23-/m0/s1. The SMILES string of the molecule is Cc1ccc2c(CS(=O)(=O)N(C)CCC(F)(F)F)c(F)ccc2c1Oc1ncccc1-c1ccnc(N[C@H]2CCCN(C(=O)OC(C)(C)C)C2)n1. The second-order valence-corrected chi connectivity index (χ2v) is 15.5. The zero-order valence-electron chi connectivity index (χ0n) is 28.9. The number of pyridine rings is 1. The van der Waals surface area contributed by atoms with Gasteiger partial charge in [0.2, 0.25) is 21.9 Å². The molecular formula is C35H40F4N6O5S. The number of anilines is 1. The Morgan fingerprint density at radius 2 is 1.80 bits per heavy atom. The third kappa shape index (κ3) is 9.61. The molecule has 1 amide bonds. The lowest BCUT2D eigenvalue weighted by Gasteiger charge is -2.34. The molecular weight excluding hydrogens is 692 g/mol. The number of aromatic nitrogens is 3. The Kier molecular flexibility index (Phi) is 11.1. The molecule has 1 aliphatic rings. The smallest absolute Gasteiger partial charge is 0.410 e. The number of likely N-dealkylation sites (tertiary alicyclic amines) is 1. The van der Waals surface area contributed by atoms with Crippen molar-refractivity contribution in [2.75, 3.05) is 32.0 Å². The summed E-state index contributed by atoms with van der Waals surface area (Å²) in [5.41, 5.74) is 0.819. The number of sulfonamides is 1. The van der Waals surface area contributed by atoms with E-state index < -0.39 is 46.3 Å². The van der Waals surface area contributed by atoms with Gasteiger partial charge in [-0.25, -0.2) is 36.9 Å². The average molecular weight is 733 g/mol. The van der Waals surface area contributed by atoms with Gasteiger partial charge in [0, 0.05) is 56.1 Å². The lowest BCUT2D eigenvalue weighted by molar-refractivity contribution is -0.135. The monoisotopic (exact) mass is 732 g/mol. The number of ether oxygens (including phenoxy) is 2. The molecule has 0 saturated carbocycles. The predicted octanol–water partition coefficient (Wildman–Crippen LogP) is 7.46. The summed E-state index contributed by atoms with van der Waals surface area (Å²) in [6.45, 7) is 7.43. The van der Waals surface area contributed by atoms with Crippen molar-refractivity contribution in [1.82, 2.24) is 24.2 Å². The number of rotatable bonds is 10. The highest BCUT2D eigenvalue weighted by Crippen LogP contribution is 2.38. The molecule has 16 heteroatoms. The van der Waals surface area contributed by atoms with Gasteiger partial charge in [-0.2, -0.15) is 13.2 Å². The van der Waals surface area contributed by atoms with E-state index in [9.17, 15) is 26.4 Å². The highest BCUT2D eigenvalue weighted by atomic mass is 32.2. The zero-order chi connectivity index (χ0) is 37.1. The highest BCUT2D eigenvalue weighted by molar-refractivity contribution is 7.88. The number of alkyl halides is 3. The molecule has 5 rings (SSSR count). The molecule has 2 aromatic carbocycles. The van der Waals surface area contributed by atoms with Gasteiger partial charge < -0.3 is 19.7 Å². The van der Waals surface area contributed by atoms with Gasteiger partial charge in [-0.15, -0.1) is 0 Å². The van der Waals surface area contributed by atoms with Crippen molar-refractivity contribution in [3.8, 4) is 22.9 Å². The van der Waals surface area contributed by atoms with E-state index in [2.05, 4.69) is 15.3 Å². The van der Waals surface area contributed by atoms with E-state index in [4.69, 9.17) is 14.5 Å². The lowest BCUT2D eigenvalue weighted by Crippen LogP contribution is -2.47. The minimum atomic E-state index is -4.55. The normalized spacial score (nSPS) is 15.6. The number of hydrogen-bond donors (Lipinski definition) is 1. The first-order valence-electron chi connectivity index (χ1n) is 16.3. The van der Waals surface area contributed by atoms with E-state index in [0.717, 1.165) is 26.0 Å². The summed E-state index contributed by atoms with van der Waals surface area (Å²) >= 11 is 0. The molecule has 11 nitrogen and oxygen atoms in total. The molecule has 1 fully saturated rings. The van der Waals surface area contributed by atoms with Crippen LogP contribution in [0.15, 0.2) is 54.9 Å². The Morgan fingerprint density at radius 3 is 2.53 bits per heavy atom. The minimum Gasteiger partial charge on any atom is -0.444 e. The van der Waals surface area contributed by atoms with Crippen LogP contribution in [0, 0.1) is 12.7 Å². The van der Waals surface area contributed by atoms with Crippen molar-refractivity contribution in [3.63, 3.8) is 0 Å². The van der Waals surface area contributed by atoms with E-state index in [1.54, 1.807) is 48.4 Å². The van der Waals surface area contributed by atoms with Crippen molar-refractivity contribution in [2.24, 2.45) is 0 Å². The number of aryl methyl sites for hydroxylation is 1. The summed E-state index contributed by atoms with van der Waals surface area (Å²) in [5.74, 6) is -0.891. The molecule has 0 unspecified atom stereocenters. The van der Waals surface area contributed by atoms with Crippen molar-refractivity contribution in [1.29, 1.82) is 0 Å². The Morgan fingerprint density at radius 1 is 1.06 bits per heavy atom. The van der Waals surface area contributed by atoms with Crippen molar-refractivity contribution >= 4 is 32.8 Å². The fourth-order valence-corrected chi connectivity index (χ4v) is 6.88. The van der Waals surface area contributed by atoms with E-state index >= 15 is 4.39 Å². The molecule has 0 radical (unpaired) electrons. The van der Waals surface area contributed by atoms with Crippen LogP contribution in [-0.4, -0.2) is 83.2 Å². The van der Waals surface area contributed by atoms with E-state index in [-0.39, 0.29) is 34.7 Å². The molecule has 274 valence electrons. The first-order valence-corrected chi connectivity index (χ1v) is 17.9. The Bertz CT molecular complexity index is 2010. The van der Waals surface area contributed by atoms with Gasteiger partial charge in [0.15, 0.2) is 0 Å². The first-order chi connectivity index (χ1) is 23.9. The number of hydrogen-bond acceptors (Lipinski definition) is 9. The topological polar surface area (TPSA) is 127 Å². The van der Waals surface area contributed by atoms with E-state index in [0.29, 0.717) is 45.6 Å². The number of fused-ring (bicyclic) bond motifs is 1. The van der Waals surface area contributed by atoms with Crippen LogP contribution in [0.5, 0.6) is 11.6 Å². The number of amides is 1. The van der Waals surface area contributed by atoms with Crippen molar-refractivity contribution < 1.29 is 40.2 Å². The number of halogens is 4. The molecule has 1 N–H and O–H groups in total. The Balaban J connectivity index is 1.40. The number of benzene rings is 2. The van der Waals surface area contributed by atoms with E-state index in [1.807, 2.05) is 20.8 Å². The van der Waals surface area contributed by atoms with Crippen LogP contribution in [0.3, 0.4) is 0 Å². The summed E-state index contributed by atoms with van der Waals surface area (Å²) in [6.07, 6.45) is -1.58. The van der Waals surface area contributed by atoms with Crippen LogP contribution in [0.1, 0.15) is 51.2 Å². The third-order valence-electron chi connectivity index (χ3n) is 8.22. The zero-order valence-corrected chi connectivity index (χ0v) is 29.7. The molecule has 1 aliphatic heterocycles. The lowest BCUT2D eigenvalue weighted by atomic mass is 10.0. The van der Waals surface area contributed by atoms with Crippen molar-refractivity contribution in [2.45, 2.75) is 70.5 Å². The summed E-state index contributed by atoms with van der Waals surface area (Å²) in [6, 6.07) is 10.8. The molecule has 1 atom stereocenters. The van der Waals surface area contributed by atoms with Gasteiger partial charge in [-0.1, -0.05) is 12.1 Å². The number of piperidine rings is 1. The quantitative estimate of drug-likeness (QED) is 0.165. The third-order valence-corrected chi connectivity index (χ3v) is 10.0.